The highest BCUT2D eigenvalue weighted by Crippen LogP contribution is 2.28. The Labute approximate surface area is 121 Å². The van der Waals surface area contributed by atoms with E-state index in [0.717, 1.165) is 5.02 Å². The minimum absolute atomic E-state index is 0.396. The lowest BCUT2D eigenvalue weighted by molar-refractivity contribution is 1.15. The van der Waals surface area contributed by atoms with E-state index in [0.29, 0.717) is 5.54 Å². The smallest absolute Gasteiger partial charge is 0.0919 e. The van der Waals surface area contributed by atoms with Crippen molar-refractivity contribution in [2.45, 2.75) is 18.6 Å². The van der Waals surface area contributed by atoms with Crippen LogP contribution in [0.2, 0.25) is 18.1 Å². The Kier molecular flexibility index (Phi) is 4.28. The Bertz CT molecular complexity index is 543. The molecule has 0 saturated carbocycles. The fourth-order valence-electron chi connectivity index (χ4n) is 2.56. The summed E-state index contributed by atoms with van der Waals surface area (Å²) in [7, 11) is -1.63. The molecule has 2 aromatic rings. The summed E-state index contributed by atoms with van der Waals surface area (Å²) in [6.45, 7) is 8.84. The molecule has 0 amide bonds. The fraction of sp³-hybridized carbons (Fsp3) is 0.176. The van der Waals surface area contributed by atoms with Gasteiger partial charge in [0.15, 0.2) is 0 Å². The molecule has 1 atom stereocenters. The van der Waals surface area contributed by atoms with Crippen LogP contribution in [0.15, 0.2) is 67.3 Å². The van der Waals surface area contributed by atoms with E-state index in [1.54, 1.807) is 0 Å². The summed E-state index contributed by atoms with van der Waals surface area (Å²) in [5.41, 5.74) is 1.70. The lowest BCUT2D eigenvalue weighted by atomic mass is 10.1. The molecule has 0 aliphatic carbocycles. The van der Waals surface area contributed by atoms with Crippen molar-refractivity contribution in [3.8, 4) is 0 Å². The van der Waals surface area contributed by atoms with Gasteiger partial charge in [-0.1, -0.05) is 78.4 Å². The van der Waals surface area contributed by atoms with Crippen molar-refractivity contribution >= 4 is 24.9 Å². The van der Waals surface area contributed by atoms with Crippen molar-refractivity contribution < 1.29 is 0 Å². The average molecular weight is 287 g/mol. The molecule has 0 aliphatic rings. The van der Waals surface area contributed by atoms with E-state index in [1.165, 1.54) is 10.8 Å². The molecule has 1 unspecified atom stereocenters. The van der Waals surface area contributed by atoms with Crippen LogP contribution in [0, 0.1) is 0 Å². The third-order valence-corrected chi connectivity index (χ3v) is 7.96. The van der Waals surface area contributed by atoms with Gasteiger partial charge >= 0.3 is 0 Å². The van der Waals surface area contributed by atoms with Gasteiger partial charge in [-0.15, -0.1) is 6.58 Å². The van der Waals surface area contributed by atoms with Gasteiger partial charge in [-0.05, 0) is 17.7 Å². The second kappa shape index (κ2) is 5.77. The van der Waals surface area contributed by atoms with Crippen LogP contribution in [0.5, 0.6) is 0 Å². The Morgan fingerprint density at radius 2 is 1.58 bits per heavy atom. The molecular weight excluding hydrogens is 268 g/mol. The highest BCUT2D eigenvalue weighted by Gasteiger charge is 2.32. The molecular formula is C17H19ClSi. The highest BCUT2D eigenvalue weighted by atomic mass is 35.5. The summed E-state index contributed by atoms with van der Waals surface area (Å²) in [5.74, 6) is 0. The first-order valence-electron chi connectivity index (χ1n) is 6.49. The van der Waals surface area contributed by atoms with E-state index in [-0.39, 0.29) is 0 Å². The zero-order chi connectivity index (χ0) is 13.9. The number of hydrogen-bond donors (Lipinski definition) is 0. The molecule has 0 bridgehead atoms. The molecule has 0 aliphatic heterocycles. The van der Waals surface area contributed by atoms with Gasteiger partial charge in [0.25, 0.3) is 0 Å². The summed E-state index contributed by atoms with van der Waals surface area (Å²) in [6.07, 6.45) is 2.09. The lowest BCUT2D eigenvalue weighted by Crippen LogP contribution is -2.46. The predicted molar refractivity (Wildman–Crippen MR) is 87.9 cm³/mol. The summed E-state index contributed by atoms with van der Waals surface area (Å²) in [4.78, 5) is 0. The number of benzene rings is 2. The van der Waals surface area contributed by atoms with Gasteiger partial charge < -0.3 is 0 Å². The molecule has 0 heterocycles. The van der Waals surface area contributed by atoms with Crippen LogP contribution in [0.4, 0.5) is 0 Å². The van der Waals surface area contributed by atoms with E-state index in [9.17, 15) is 0 Å². The standard InChI is InChI=1S/C17H19ClSi/c1-4-17(14-10-12-15(18)13-11-14)19(2,3)16-8-6-5-7-9-16/h4-13,17H,1H2,2-3H3. The molecule has 98 valence electrons. The first-order valence-corrected chi connectivity index (χ1v) is 9.95. The van der Waals surface area contributed by atoms with Crippen LogP contribution in [-0.4, -0.2) is 8.07 Å². The van der Waals surface area contributed by atoms with Gasteiger partial charge in [-0.3, -0.25) is 0 Å². The lowest BCUT2D eigenvalue weighted by Gasteiger charge is -2.31. The second-order valence-electron chi connectivity index (χ2n) is 5.35. The van der Waals surface area contributed by atoms with Crippen molar-refractivity contribution in [1.82, 2.24) is 0 Å². The van der Waals surface area contributed by atoms with Crippen molar-refractivity contribution in [2.75, 3.05) is 0 Å². The number of halogens is 1. The van der Waals surface area contributed by atoms with Crippen LogP contribution in [-0.2, 0) is 0 Å². The monoisotopic (exact) mass is 286 g/mol. The average Bonchev–Trinajstić information content (AvgIpc) is 2.42. The second-order valence-corrected chi connectivity index (χ2v) is 10.4. The number of rotatable bonds is 4. The predicted octanol–water partition coefficient (Wildman–Crippen LogP) is 4.76. The third kappa shape index (κ3) is 2.99. The maximum Gasteiger partial charge on any atom is 0.0919 e. The first-order chi connectivity index (χ1) is 9.05. The van der Waals surface area contributed by atoms with Gasteiger partial charge in [0, 0.05) is 10.6 Å². The SMILES string of the molecule is C=CC(c1ccc(Cl)cc1)[Si](C)(C)c1ccccc1. The molecule has 0 fully saturated rings. The molecule has 2 heteroatoms. The third-order valence-electron chi connectivity index (χ3n) is 3.76. The summed E-state index contributed by atoms with van der Waals surface area (Å²) >= 11 is 5.98. The topological polar surface area (TPSA) is 0 Å². The van der Waals surface area contributed by atoms with Gasteiger partial charge in [-0.2, -0.15) is 0 Å². The molecule has 2 rings (SSSR count). The van der Waals surface area contributed by atoms with E-state index < -0.39 is 8.07 Å². The number of allylic oxidation sites excluding steroid dienone is 1. The van der Waals surface area contributed by atoms with E-state index >= 15 is 0 Å². The quantitative estimate of drug-likeness (QED) is 0.561. The maximum absolute atomic E-state index is 5.98. The highest BCUT2D eigenvalue weighted by molar-refractivity contribution is 6.91. The molecule has 0 radical (unpaired) electrons. The zero-order valence-corrected chi connectivity index (χ0v) is 13.2. The normalized spacial score (nSPS) is 13.0. The van der Waals surface area contributed by atoms with Gasteiger partial charge in [0.2, 0.25) is 0 Å². The summed E-state index contributed by atoms with van der Waals surface area (Å²) in [5, 5.41) is 2.24. The largest absolute Gasteiger partial charge is 0.103 e. The van der Waals surface area contributed by atoms with Crippen molar-refractivity contribution in [3.63, 3.8) is 0 Å². The van der Waals surface area contributed by atoms with Crippen LogP contribution >= 0.6 is 11.6 Å². The van der Waals surface area contributed by atoms with Gasteiger partial charge in [-0.25, -0.2) is 0 Å². The van der Waals surface area contributed by atoms with Gasteiger partial charge in [0.05, 0.1) is 8.07 Å². The minimum Gasteiger partial charge on any atom is -0.103 e. The van der Waals surface area contributed by atoms with Crippen LogP contribution in [0.25, 0.3) is 0 Å². The molecule has 0 saturated heterocycles. The minimum atomic E-state index is -1.63. The Hall–Kier alpha value is -1.31. The van der Waals surface area contributed by atoms with Crippen LogP contribution in [0.1, 0.15) is 11.1 Å². The Balaban J connectivity index is 2.41. The molecule has 2 aromatic carbocycles. The van der Waals surface area contributed by atoms with Crippen LogP contribution < -0.4 is 5.19 Å². The fourth-order valence-corrected chi connectivity index (χ4v) is 5.72. The Morgan fingerprint density at radius 1 is 1.00 bits per heavy atom. The summed E-state index contributed by atoms with van der Waals surface area (Å²) < 4.78 is 0. The summed E-state index contributed by atoms with van der Waals surface area (Å²) in [6, 6.07) is 18.9. The van der Waals surface area contributed by atoms with Crippen molar-refractivity contribution in [1.29, 1.82) is 0 Å². The number of hydrogen-bond acceptors (Lipinski definition) is 0. The van der Waals surface area contributed by atoms with Crippen LogP contribution in [0.3, 0.4) is 0 Å². The molecule has 0 N–H and O–H groups in total. The van der Waals surface area contributed by atoms with E-state index in [4.69, 9.17) is 11.6 Å². The molecule has 0 nitrogen and oxygen atoms in total. The maximum atomic E-state index is 5.98. The first kappa shape index (κ1) is 14.1. The van der Waals surface area contributed by atoms with Crippen molar-refractivity contribution in [3.05, 3.63) is 77.8 Å². The van der Waals surface area contributed by atoms with E-state index in [1.807, 2.05) is 12.1 Å². The molecule has 0 spiro atoms. The molecule has 19 heavy (non-hydrogen) atoms. The molecule has 0 aromatic heterocycles. The van der Waals surface area contributed by atoms with Crippen molar-refractivity contribution in [2.24, 2.45) is 0 Å². The Morgan fingerprint density at radius 3 is 2.11 bits per heavy atom. The zero-order valence-electron chi connectivity index (χ0n) is 11.4. The van der Waals surface area contributed by atoms with Gasteiger partial charge in [0.1, 0.15) is 0 Å². The van der Waals surface area contributed by atoms with E-state index in [2.05, 4.69) is 68.2 Å².